The van der Waals surface area contributed by atoms with Crippen molar-refractivity contribution >= 4 is 11.0 Å². The summed E-state index contributed by atoms with van der Waals surface area (Å²) in [6.07, 6.45) is 5.22. The number of nitrogens with one attached hydrogen (secondary N) is 2. The lowest BCUT2D eigenvalue weighted by Crippen LogP contribution is -2.37. The number of rotatable bonds is 4. The molecule has 2 aromatic heterocycles. The number of hydrogen-bond donors (Lipinski definition) is 2. The van der Waals surface area contributed by atoms with Crippen LogP contribution in [-0.2, 0) is 6.54 Å². The Labute approximate surface area is 146 Å². The van der Waals surface area contributed by atoms with Crippen LogP contribution in [0, 0.1) is 5.41 Å². The average molecular weight is 337 g/mol. The van der Waals surface area contributed by atoms with E-state index in [1.807, 2.05) is 30.3 Å². The van der Waals surface area contributed by atoms with Crippen LogP contribution >= 0.6 is 0 Å². The summed E-state index contributed by atoms with van der Waals surface area (Å²) in [4.78, 5) is 19.9. The van der Waals surface area contributed by atoms with Crippen molar-refractivity contribution in [3.63, 3.8) is 0 Å². The average Bonchev–Trinajstić information content (AvgIpc) is 3.17. The maximum absolute atomic E-state index is 12.4. The molecule has 0 saturated heterocycles. The third kappa shape index (κ3) is 2.98. The van der Waals surface area contributed by atoms with Gasteiger partial charge in [-0.1, -0.05) is 38.5 Å². The molecule has 25 heavy (non-hydrogen) atoms. The monoisotopic (exact) mass is 337 g/mol. The first-order valence-electron chi connectivity index (χ1n) is 8.80. The minimum absolute atomic E-state index is 0.144. The van der Waals surface area contributed by atoms with Crippen molar-refractivity contribution in [1.82, 2.24) is 25.1 Å². The Morgan fingerprint density at radius 3 is 2.84 bits per heavy atom. The van der Waals surface area contributed by atoms with E-state index in [1.165, 1.54) is 19.3 Å². The first kappa shape index (κ1) is 16.0. The van der Waals surface area contributed by atoms with Gasteiger partial charge in [-0.25, -0.2) is 9.67 Å². The highest BCUT2D eigenvalue weighted by Crippen LogP contribution is 2.37. The SMILES string of the molecule is CC1(C)CCCC1NCc1nc2c(cnn2-c2ccccc2)c(=O)[nH]1. The summed E-state index contributed by atoms with van der Waals surface area (Å²) >= 11 is 0. The number of nitrogens with zero attached hydrogens (tertiary/aromatic N) is 3. The molecule has 2 N–H and O–H groups in total. The molecule has 6 heteroatoms. The van der Waals surface area contributed by atoms with Gasteiger partial charge in [-0.05, 0) is 30.4 Å². The van der Waals surface area contributed by atoms with Gasteiger partial charge in [0.05, 0.1) is 18.4 Å². The molecular weight excluding hydrogens is 314 g/mol. The molecule has 1 atom stereocenters. The Balaban J connectivity index is 1.66. The van der Waals surface area contributed by atoms with Gasteiger partial charge in [0.25, 0.3) is 5.56 Å². The number of para-hydroxylation sites is 1. The van der Waals surface area contributed by atoms with Crippen molar-refractivity contribution < 1.29 is 0 Å². The Kier molecular flexibility index (Phi) is 3.92. The smallest absolute Gasteiger partial charge is 0.262 e. The van der Waals surface area contributed by atoms with Crippen molar-refractivity contribution in [2.45, 2.75) is 45.7 Å². The molecular formula is C19H23N5O. The quantitative estimate of drug-likeness (QED) is 0.767. The van der Waals surface area contributed by atoms with Crippen LogP contribution in [0.4, 0.5) is 0 Å². The molecule has 1 aliphatic rings. The zero-order valence-corrected chi connectivity index (χ0v) is 14.6. The van der Waals surface area contributed by atoms with Gasteiger partial charge in [-0.2, -0.15) is 5.10 Å². The van der Waals surface area contributed by atoms with Gasteiger partial charge in [0.1, 0.15) is 11.2 Å². The van der Waals surface area contributed by atoms with E-state index in [1.54, 1.807) is 10.9 Å². The van der Waals surface area contributed by atoms with Crippen LogP contribution in [0.3, 0.4) is 0 Å². The maximum atomic E-state index is 12.4. The van der Waals surface area contributed by atoms with Gasteiger partial charge in [-0.15, -0.1) is 0 Å². The number of benzene rings is 1. The lowest BCUT2D eigenvalue weighted by atomic mass is 9.87. The largest absolute Gasteiger partial charge is 0.309 e. The number of aromatic amines is 1. The second-order valence-corrected chi connectivity index (χ2v) is 7.46. The predicted molar refractivity (Wildman–Crippen MR) is 97.7 cm³/mol. The molecule has 0 aliphatic heterocycles. The van der Waals surface area contributed by atoms with Gasteiger partial charge in [0.15, 0.2) is 5.65 Å². The third-order valence-electron chi connectivity index (χ3n) is 5.26. The van der Waals surface area contributed by atoms with E-state index < -0.39 is 0 Å². The Hall–Kier alpha value is -2.47. The van der Waals surface area contributed by atoms with Gasteiger partial charge in [0, 0.05) is 6.04 Å². The zero-order chi connectivity index (χ0) is 17.4. The van der Waals surface area contributed by atoms with Gasteiger partial charge in [-0.3, -0.25) is 4.79 Å². The van der Waals surface area contributed by atoms with E-state index in [0.717, 1.165) is 5.69 Å². The van der Waals surface area contributed by atoms with Crippen LogP contribution < -0.4 is 10.9 Å². The molecule has 6 nitrogen and oxygen atoms in total. The molecule has 0 bridgehead atoms. The van der Waals surface area contributed by atoms with Crippen molar-refractivity contribution in [3.8, 4) is 5.69 Å². The van der Waals surface area contributed by atoms with Gasteiger partial charge >= 0.3 is 0 Å². The normalized spacial score (nSPS) is 19.5. The summed E-state index contributed by atoms with van der Waals surface area (Å²) in [5, 5.41) is 8.42. The Bertz CT molecular complexity index is 941. The summed E-state index contributed by atoms with van der Waals surface area (Å²) in [7, 11) is 0. The molecule has 4 rings (SSSR count). The van der Waals surface area contributed by atoms with Crippen LogP contribution in [0.1, 0.15) is 38.9 Å². The fourth-order valence-electron chi connectivity index (χ4n) is 3.73. The van der Waals surface area contributed by atoms with Crippen LogP contribution in [0.5, 0.6) is 0 Å². The Morgan fingerprint density at radius 2 is 2.12 bits per heavy atom. The van der Waals surface area contributed by atoms with Gasteiger partial charge < -0.3 is 10.3 Å². The van der Waals surface area contributed by atoms with Crippen molar-refractivity contribution in [2.75, 3.05) is 0 Å². The molecule has 1 unspecified atom stereocenters. The highest BCUT2D eigenvalue weighted by molar-refractivity contribution is 5.75. The Morgan fingerprint density at radius 1 is 1.32 bits per heavy atom. The van der Waals surface area contributed by atoms with Crippen molar-refractivity contribution in [3.05, 3.63) is 52.7 Å². The summed E-state index contributed by atoms with van der Waals surface area (Å²) in [6.45, 7) is 5.14. The van der Waals surface area contributed by atoms with Crippen LogP contribution in [0.2, 0.25) is 0 Å². The molecule has 1 aromatic carbocycles. The third-order valence-corrected chi connectivity index (χ3v) is 5.26. The predicted octanol–water partition coefficient (Wildman–Crippen LogP) is 2.78. The van der Waals surface area contributed by atoms with Crippen molar-refractivity contribution in [2.24, 2.45) is 5.41 Å². The van der Waals surface area contributed by atoms with E-state index in [9.17, 15) is 4.79 Å². The van der Waals surface area contributed by atoms with E-state index in [-0.39, 0.29) is 11.0 Å². The highest BCUT2D eigenvalue weighted by Gasteiger charge is 2.33. The number of hydrogen-bond acceptors (Lipinski definition) is 4. The first-order valence-corrected chi connectivity index (χ1v) is 8.80. The molecule has 3 aromatic rings. The number of aromatic nitrogens is 4. The lowest BCUT2D eigenvalue weighted by molar-refractivity contribution is 0.281. The number of H-pyrrole nitrogens is 1. The second kappa shape index (κ2) is 6.11. The minimum atomic E-state index is -0.144. The molecule has 0 radical (unpaired) electrons. The molecule has 0 amide bonds. The first-order chi connectivity index (χ1) is 12.0. The van der Waals surface area contributed by atoms with E-state index >= 15 is 0 Å². The number of fused-ring (bicyclic) bond motifs is 1. The second-order valence-electron chi connectivity index (χ2n) is 7.46. The van der Waals surface area contributed by atoms with Crippen molar-refractivity contribution in [1.29, 1.82) is 0 Å². The van der Waals surface area contributed by atoms with Crippen LogP contribution in [-0.4, -0.2) is 25.8 Å². The topological polar surface area (TPSA) is 75.6 Å². The lowest BCUT2D eigenvalue weighted by Gasteiger charge is -2.27. The van der Waals surface area contributed by atoms with E-state index in [2.05, 4.69) is 34.2 Å². The molecule has 1 aliphatic carbocycles. The summed E-state index contributed by atoms with van der Waals surface area (Å²) in [5.41, 5.74) is 1.63. The summed E-state index contributed by atoms with van der Waals surface area (Å²) in [6, 6.07) is 10.2. The fourth-order valence-corrected chi connectivity index (χ4v) is 3.73. The molecule has 1 fully saturated rings. The van der Waals surface area contributed by atoms with Gasteiger partial charge in [0.2, 0.25) is 0 Å². The molecule has 130 valence electrons. The molecule has 2 heterocycles. The molecule has 1 saturated carbocycles. The van der Waals surface area contributed by atoms with E-state index in [0.29, 0.717) is 29.4 Å². The zero-order valence-electron chi connectivity index (χ0n) is 14.6. The maximum Gasteiger partial charge on any atom is 0.262 e. The summed E-state index contributed by atoms with van der Waals surface area (Å²) < 4.78 is 1.72. The van der Waals surface area contributed by atoms with Crippen LogP contribution in [0.15, 0.2) is 41.3 Å². The fraction of sp³-hybridized carbons (Fsp3) is 0.421. The minimum Gasteiger partial charge on any atom is -0.309 e. The summed E-state index contributed by atoms with van der Waals surface area (Å²) in [5.74, 6) is 0.651. The van der Waals surface area contributed by atoms with Crippen LogP contribution in [0.25, 0.3) is 16.7 Å². The molecule has 0 spiro atoms. The highest BCUT2D eigenvalue weighted by atomic mass is 16.1. The van der Waals surface area contributed by atoms with E-state index in [4.69, 9.17) is 0 Å². The standard InChI is InChI=1S/C19H23N5O/c1-19(2)10-6-9-15(19)20-12-16-22-17-14(18(25)23-16)11-21-24(17)13-7-4-3-5-8-13/h3-5,7-8,11,15,20H,6,9-10,12H2,1-2H3,(H,22,23,25).